The summed E-state index contributed by atoms with van der Waals surface area (Å²) in [6.45, 7) is 0. The molecule has 35 heavy (non-hydrogen) atoms. The molecule has 3 heterocycles. The van der Waals surface area contributed by atoms with Crippen molar-refractivity contribution in [3.63, 3.8) is 0 Å². The molecule has 2 amide bonds. The van der Waals surface area contributed by atoms with E-state index < -0.39 is 11.8 Å². The molecule has 9 nitrogen and oxygen atoms in total. The van der Waals surface area contributed by atoms with Crippen LogP contribution in [0.4, 0.5) is 16.3 Å². The number of aromatic nitrogens is 5. The van der Waals surface area contributed by atoms with Crippen LogP contribution in [0.1, 0.15) is 32.1 Å². The number of aromatic amines is 2. The van der Waals surface area contributed by atoms with Gasteiger partial charge in [-0.15, -0.1) is 0 Å². The molecule has 0 spiro atoms. The summed E-state index contributed by atoms with van der Waals surface area (Å²) in [5.41, 5.74) is 2.22. The van der Waals surface area contributed by atoms with Crippen LogP contribution in [-0.2, 0) is 0 Å². The summed E-state index contributed by atoms with van der Waals surface area (Å²) < 4.78 is 13.3. The SMILES string of the molecule is O=C(Nc1nc2c(C(=O)Nc3ncc[nH]3)cccc2[nH]1)c1cccc(C#Cc2cccc(F)c2)n1. The molecule has 2 aromatic carbocycles. The highest BCUT2D eigenvalue weighted by molar-refractivity contribution is 6.11. The van der Waals surface area contributed by atoms with Gasteiger partial charge in [0.05, 0.1) is 11.1 Å². The van der Waals surface area contributed by atoms with Gasteiger partial charge in [-0.25, -0.2) is 19.3 Å². The summed E-state index contributed by atoms with van der Waals surface area (Å²) >= 11 is 0. The number of anilines is 2. The Morgan fingerprint density at radius 2 is 1.71 bits per heavy atom. The Morgan fingerprint density at radius 3 is 2.54 bits per heavy atom. The molecule has 5 rings (SSSR count). The number of para-hydroxylation sites is 1. The normalized spacial score (nSPS) is 10.4. The van der Waals surface area contributed by atoms with Crippen LogP contribution in [0.2, 0.25) is 0 Å². The number of nitrogens with zero attached hydrogens (tertiary/aromatic N) is 3. The maximum absolute atomic E-state index is 13.3. The molecule has 0 aliphatic rings. The van der Waals surface area contributed by atoms with E-state index >= 15 is 0 Å². The van der Waals surface area contributed by atoms with Crippen molar-refractivity contribution in [1.29, 1.82) is 0 Å². The van der Waals surface area contributed by atoms with Crippen LogP contribution >= 0.6 is 0 Å². The number of hydrogen-bond donors (Lipinski definition) is 4. The van der Waals surface area contributed by atoms with Gasteiger partial charge >= 0.3 is 0 Å². The molecule has 170 valence electrons. The molecule has 0 aliphatic heterocycles. The van der Waals surface area contributed by atoms with Gasteiger partial charge in [-0.3, -0.25) is 20.2 Å². The summed E-state index contributed by atoms with van der Waals surface area (Å²) in [5, 5.41) is 5.30. The lowest BCUT2D eigenvalue weighted by Gasteiger charge is -2.02. The highest BCUT2D eigenvalue weighted by Gasteiger charge is 2.16. The minimum absolute atomic E-state index is 0.118. The molecular formula is C25H16FN7O2. The van der Waals surface area contributed by atoms with E-state index in [1.54, 1.807) is 48.7 Å². The third kappa shape index (κ3) is 4.89. The van der Waals surface area contributed by atoms with E-state index in [0.29, 0.717) is 33.8 Å². The Morgan fingerprint density at radius 1 is 0.886 bits per heavy atom. The van der Waals surface area contributed by atoms with Crippen molar-refractivity contribution < 1.29 is 14.0 Å². The first-order valence-corrected chi connectivity index (χ1v) is 10.4. The fourth-order valence-corrected chi connectivity index (χ4v) is 3.29. The van der Waals surface area contributed by atoms with E-state index in [4.69, 9.17) is 0 Å². The maximum Gasteiger partial charge on any atom is 0.276 e. The van der Waals surface area contributed by atoms with Crippen molar-refractivity contribution in [1.82, 2.24) is 24.9 Å². The summed E-state index contributed by atoms with van der Waals surface area (Å²) in [4.78, 5) is 43.8. The lowest BCUT2D eigenvalue weighted by atomic mass is 10.2. The molecule has 5 aromatic rings. The Hall–Kier alpha value is -5.30. The number of amides is 2. The van der Waals surface area contributed by atoms with Gasteiger partial charge in [0, 0.05) is 18.0 Å². The monoisotopic (exact) mass is 465 g/mol. The average molecular weight is 465 g/mol. The Kier molecular flexibility index (Phi) is 5.71. The second-order valence-electron chi connectivity index (χ2n) is 7.30. The predicted octanol–water partition coefficient (Wildman–Crippen LogP) is 3.72. The average Bonchev–Trinajstić information content (AvgIpc) is 3.52. The Bertz CT molecular complexity index is 1610. The number of carbonyl (C=O) groups is 2. The van der Waals surface area contributed by atoms with Gasteiger partial charge in [0.25, 0.3) is 11.8 Å². The van der Waals surface area contributed by atoms with Crippen molar-refractivity contribution in [3.05, 3.63) is 101 Å². The predicted molar refractivity (Wildman–Crippen MR) is 127 cm³/mol. The van der Waals surface area contributed by atoms with Crippen molar-refractivity contribution in [3.8, 4) is 11.8 Å². The molecule has 0 unspecified atom stereocenters. The largest absolute Gasteiger partial charge is 0.331 e. The number of hydrogen-bond acceptors (Lipinski definition) is 5. The fourth-order valence-electron chi connectivity index (χ4n) is 3.29. The van der Waals surface area contributed by atoms with Crippen molar-refractivity contribution in [2.24, 2.45) is 0 Å². The second kappa shape index (κ2) is 9.29. The van der Waals surface area contributed by atoms with Gasteiger partial charge < -0.3 is 9.97 Å². The molecule has 0 atom stereocenters. The number of benzene rings is 2. The van der Waals surface area contributed by atoms with Crippen LogP contribution in [0.25, 0.3) is 11.0 Å². The van der Waals surface area contributed by atoms with E-state index in [1.165, 1.54) is 24.4 Å². The lowest BCUT2D eigenvalue weighted by Crippen LogP contribution is -2.15. The first-order chi connectivity index (χ1) is 17.0. The summed E-state index contributed by atoms with van der Waals surface area (Å²) in [6, 6.07) is 15.8. The van der Waals surface area contributed by atoms with E-state index in [-0.39, 0.29) is 17.5 Å². The van der Waals surface area contributed by atoms with Gasteiger partial charge in [-0.1, -0.05) is 24.1 Å². The number of H-pyrrole nitrogens is 2. The smallest absolute Gasteiger partial charge is 0.276 e. The lowest BCUT2D eigenvalue weighted by molar-refractivity contribution is 0.101. The van der Waals surface area contributed by atoms with E-state index in [1.807, 2.05) is 0 Å². The molecule has 0 saturated heterocycles. The quantitative estimate of drug-likeness (QED) is 0.301. The van der Waals surface area contributed by atoms with Crippen LogP contribution in [0, 0.1) is 17.7 Å². The van der Waals surface area contributed by atoms with Crippen LogP contribution in [0.5, 0.6) is 0 Å². The molecule has 3 aromatic heterocycles. The third-order valence-electron chi connectivity index (χ3n) is 4.86. The maximum atomic E-state index is 13.3. The number of rotatable bonds is 4. The number of nitrogens with one attached hydrogen (secondary N) is 4. The minimum Gasteiger partial charge on any atom is -0.331 e. The van der Waals surface area contributed by atoms with E-state index in [2.05, 4.69) is 47.4 Å². The van der Waals surface area contributed by atoms with Crippen molar-refractivity contribution in [2.45, 2.75) is 0 Å². The van der Waals surface area contributed by atoms with Gasteiger partial charge in [-0.05, 0) is 48.4 Å². The molecule has 10 heteroatoms. The molecule has 0 aliphatic carbocycles. The van der Waals surface area contributed by atoms with Gasteiger partial charge in [0.2, 0.25) is 11.9 Å². The Balaban J connectivity index is 1.35. The molecular weight excluding hydrogens is 449 g/mol. The molecule has 4 N–H and O–H groups in total. The second-order valence-corrected chi connectivity index (χ2v) is 7.30. The van der Waals surface area contributed by atoms with Crippen molar-refractivity contribution >= 4 is 34.7 Å². The van der Waals surface area contributed by atoms with Crippen LogP contribution in [0.3, 0.4) is 0 Å². The molecule has 0 saturated carbocycles. The number of fused-ring (bicyclic) bond motifs is 1. The summed E-state index contributed by atoms with van der Waals surface area (Å²) in [6.07, 6.45) is 3.11. The topological polar surface area (TPSA) is 128 Å². The van der Waals surface area contributed by atoms with Crippen LogP contribution in [0.15, 0.2) is 73.1 Å². The number of imidazole rings is 2. The van der Waals surface area contributed by atoms with Gasteiger partial charge in [0.1, 0.15) is 22.7 Å². The van der Waals surface area contributed by atoms with Crippen LogP contribution < -0.4 is 10.6 Å². The van der Waals surface area contributed by atoms with E-state index in [9.17, 15) is 14.0 Å². The first kappa shape index (κ1) is 21.5. The van der Waals surface area contributed by atoms with E-state index in [0.717, 1.165) is 0 Å². The molecule has 0 radical (unpaired) electrons. The van der Waals surface area contributed by atoms with Crippen LogP contribution in [-0.4, -0.2) is 36.7 Å². The fraction of sp³-hybridized carbons (Fsp3) is 0. The standard InChI is InChI=1S/C25H16FN7O2/c26-16-5-1-4-15(14-16)10-11-17-6-2-9-20(29-17)23(35)33-25-30-19-8-3-7-18(21(19)31-25)22(34)32-24-27-12-13-28-24/h1-9,12-14H,(H2,27,28,32,34)(H2,30,31,33,35). The van der Waals surface area contributed by atoms with Gasteiger partial charge in [0.15, 0.2) is 0 Å². The number of pyridine rings is 1. The third-order valence-corrected chi connectivity index (χ3v) is 4.86. The first-order valence-electron chi connectivity index (χ1n) is 10.4. The van der Waals surface area contributed by atoms with Crippen molar-refractivity contribution in [2.75, 3.05) is 10.6 Å². The molecule has 0 fully saturated rings. The van der Waals surface area contributed by atoms with Gasteiger partial charge in [-0.2, -0.15) is 0 Å². The zero-order valence-corrected chi connectivity index (χ0v) is 18.0. The molecule has 0 bridgehead atoms. The minimum atomic E-state index is -0.514. The number of carbonyl (C=O) groups excluding carboxylic acids is 2. The zero-order chi connectivity index (χ0) is 24.2. The Labute approximate surface area is 197 Å². The summed E-state index contributed by atoms with van der Waals surface area (Å²) in [5.74, 6) is 4.81. The summed E-state index contributed by atoms with van der Waals surface area (Å²) in [7, 11) is 0. The number of halogens is 1. The zero-order valence-electron chi connectivity index (χ0n) is 18.0. The highest BCUT2D eigenvalue weighted by atomic mass is 19.1. The highest BCUT2D eigenvalue weighted by Crippen LogP contribution is 2.20.